The first kappa shape index (κ1) is 14.8. The maximum absolute atomic E-state index is 12.1. The highest BCUT2D eigenvalue weighted by molar-refractivity contribution is 6.06. The van der Waals surface area contributed by atoms with Gasteiger partial charge >= 0.3 is 5.97 Å². The zero-order valence-corrected chi connectivity index (χ0v) is 12.0. The van der Waals surface area contributed by atoms with Gasteiger partial charge in [0.2, 0.25) is 0 Å². The molecule has 4 N–H and O–H groups in total. The zero-order valence-electron chi connectivity index (χ0n) is 12.0. The van der Waals surface area contributed by atoms with Gasteiger partial charge in [-0.05, 0) is 17.7 Å². The summed E-state index contributed by atoms with van der Waals surface area (Å²) in [6.07, 6.45) is 0.0627. The summed E-state index contributed by atoms with van der Waals surface area (Å²) in [7, 11) is 0. The number of carbonyl (C=O) groups excluding carboxylic acids is 2. The molecule has 1 heterocycles. The van der Waals surface area contributed by atoms with Crippen LogP contribution in [0.5, 0.6) is 5.75 Å². The van der Waals surface area contributed by atoms with Crippen LogP contribution in [0.1, 0.15) is 22.0 Å². The molecule has 0 aliphatic carbocycles. The van der Waals surface area contributed by atoms with Crippen LogP contribution in [0.2, 0.25) is 0 Å². The van der Waals surface area contributed by atoms with Crippen LogP contribution in [0.3, 0.4) is 0 Å². The quantitative estimate of drug-likeness (QED) is 0.640. The molecule has 0 aliphatic rings. The summed E-state index contributed by atoms with van der Waals surface area (Å²) in [6, 6.07) is 13.4. The number of aromatic amines is 1. The first-order valence-electron chi connectivity index (χ1n) is 6.92. The van der Waals surface area contributed by atoms with Crippen LogP contribution in [0.4, 0.5) is 0 Å². The highest BCUT2D eigenvalue weighted by Crippen LogP contribution is 2.29. The van der Waals surface area contributed by atoms with Gasteiger partial charge in [-0.1, -0.05) is 36.4 Å². The van der Waals surface area contributed by atoms with Crippen molar-refractivity contribution < 1.29 is 19.4 Å². The predicted octanol–water partition coefficient (Wildman–Crippen LogP) is 1.91. The largest absolute Gasteiger partial charge is 0.422 e. The van der Waals surface area contributed by atoms with Gasteiger partial charge in [-0.25, -0.2) is 4.79 Å². The Kier molecular flexibility index (Phi) is 3.82. The number of esters is 1. The Hall–Kier alpha value is -3.12. The minimum absolute atomic E-state index is 0.225. The summed E-state index contributed by atoms with van der Waals surface area (Å²) in [5.41, 5.74) is 6.53. The van der Waals surface area contributed by atoms with Crippen molar-refractivity contribution in [3.63, 3.8) is 0 Å². The third kappa shape index (κ3) is 2.79. The Bertz CT molecular complexity index is 871. The summed E-state index contributed by atoms with van der Waals surface area (Å²) in [4.78, 5) is 26.4. The second kappa shape index (κ2) is 5.94. The van der Waals surface area contributed by atoms with Gasteiger partial charge in [0, 0.05) is 11.6 Å². The molecule has 3 aromatic rings. The Labute approximate surface area is 131 Å². The van der Waals surface area contributed by atoms with Crippen LogP contribution in [0.25, 0.3) is 10.9 Å². The third-order valence-electron chi connectivity index (χ3n) is 3.49. The monoisotopic (exact) mass is 310 g/mol. The van der Waals surface area contributed by atoms with Crippen LogP contribution in [-0.4, -0.2) is 22.0 Å². The Morgan fingerprint density at radius 1 is 1.09 bits per heavy atom. The number of H-pyrrole nitrogens is 1. The van der Waals surface area contributed by atoms with E-state index >= 15 is 0 Å². The van der Waals surface area contributed by atoms with Gasteiger partial charge in [0.25, 0.3) is 5.91 Å². The first-order chi connectivity index (χ1) is 11.1. The van der Waals surface area contributed by atoms with E-state index < -0.39 is 18.0 Å². The van der Waals surface area contributed by atoms with Crippen LogP contribution >= 0.6 is 0 Å². The lowest BCUT2D eigenvalue weighted by atomic mass is 10.1. The molecule has 0 fully saturated rings. The molecule has 0 saturated carbocycles. The topological polar surface area (TPSA) is 105 Å². The molecule has 0 aliphatic heterocycles. The minimum atomic E-state index is -1.39. The summed E-state index contributed by atoms with van der Waals surface area (Å²) in [5, 5.41) is 10.6. The number of aromatic nitrogens is 1. The van der Waals surface area contributed by atoms with E-state index in [1.165, 1.54) is 6.20 Å². The van der Waals surface area contributed by atoms with E-state index in [0.717, 1.165) is 0 Å². The molecular formula is C17H14N2O4. The van der Waals surface area contributed by atoms with Crippen LogP contribution in [-0.2, 0) is 4.79 Å². The van der Waals surface area contributed by atoms with E-state index in [1.807, 2.05) is 0 Å². The molecule has 1 atom stereocenters. The summed E-state index contributed by atoms with van der Waals surface area (Å²) in [6.45, 7) is 0. The van der Waals surface area contributed by atoms with Crippen LogP contribution in [0.15, 0.2) is 54.7 Å². The Morgan fingerprint density at radius 3 is 2.52 bits per heavy atom. The molecule has 2 aromatic carbocycles. The SMILES string of the molecule is NC(=O)c1cccc2c(OC(=O)[C@H](O)c3ccccc3)c[nH]c12. The van der Waals surface area contributed by atoms with E-state index in [0.29, 0.717) is 22.0 Å². The number of rotatable bonds is 4. The van der Waals surface area contributed by atoms with Crippen molar-refractivity contribution >= 4 is 22.8 Å². The third-order valence-corrected chi connectivity index (χ3v) is 3.49. The maximum atomic E-state index is 12.1. The second-order valence-corrected chi connectivity index (χ2v) is 4.98. The number of fused-ring (bicyclic) bond motifs is 1. The number of benzene rings is 2. The van der Waals surface area contributed by atoms with Gasteiger partial charge in [-0.15, -0.1) is 0 Å². The highest BCUT2D eigenvalue weighted by atomic mass is 16.5. The number of aliphatic hydroxyl groups excluding tert-OH is 1. The van der Waals surface area contributed by atoms with Crippen LogP contribution < -0.4 is 10.5 Å². The molecule has 0 saturated heterocycles. The molecule has 23 heavy (non-hydrogen) atoms. The van der Waals surface area contributed by atoms with Gasteiger partial charge in [0.05, 0.1) is 11.1 Å². The van der Waals surface area contributed by atoms with Crippen molar-refractivity contribution in [2.45, 2.75) is 6.10 Å². The standard InChI is InChI=1S/C17H14N2O4/c18-16(21)12-8-4-7-11-13(9-19-14(11)12)23-17(22)15(20)10-5-2-1-3-6-10/h1-9,15,19-20H,(H2,18,21)/t15-/m1/s1. The number of aliphatic hydroxyl groups is 1. The van der Waals surface area contributed by atoms with Crippen LogP contribution in [0, 0.1) is 0 Å². The molecule has 1 aromatic heterocycles. The average molecular weight is 310 g/mol. The van der Waals surface area contributed by atoms with Crippen molar-refractivity contribution in [1.82, 2.24) is 4.98 Å². The van der Waals surface area contributed by atoms with E-state index in [-0.39, 0.29) is 5.75 Å². The fourth-order valence-electron chi connectivity index (χ4n) is 2.35. The van der Waals surface area contributed by atoms with Crippen molar-refractivity contribution in [3.8, 4) is 5.75 Å². The number of amides is 1. The molecule has 0 unspecified atom stereocenters. The summed E-state index contributed by atoms with van der Waals surface area (Å²) in [5.74, 6) is -1.16. The number of nitrogens with two attached hydrogens (primary N) is 1. The van der Waals surface area contributed by atoms with E-state index in [9.17, 15) is 14.7 Å². The van der Waals surface area contributed by atoms with Crippen molar-refractivity contribution in [2.75, 3.05) is 0 Å². The van der Waals surface area contributed by atoms with Gasteiger partial charge in [0.1, 0.15) is 0 Å². The van der Waals surface area contributed by atoms with Gasteiger partial charge in [0.15, 0.2) is 11.9 Å². The molecule has 0 spiro atoms. The smallest absolute Gasteiger partial charge is 0.345 e. The number of nitrogens with one attached hydrogen (secondary N) is 1. The lowest BCUT2D eigenvalue weighted by Gasteiger charge is -2.10. The zero-order chi connectivity index (χ0) is 16.4. The van der Waals surface area contributed by atoms with Crippen molar-refractivity contribution in [1.29, 1.82) is 0 Å². The molecule has 1 amide bonds. The minimum Gasteiger partial charge on any atom is -0.422 e. The lowest BCUT2D eigenvalue weighted by molar-refractivity contribution is -0.144. The predicted molar refractivity (Wildman–Crippen MR) is 83.9 cm³/mol. The van der Waals surface area contributed by atoms with E-state index in [1.54, 1.807) is 48.5 Å². The average Bonchev–Trinajstić information content (AvgIpc) is 2.97. The number of para-hydroxylation sites is 1. The van der Waals surface area contributed by atoms with Gasteiger partial charge in [-0.3, -0.25) is 4.79 Å². The Balaban J connectivity index is 1.89. The molecule has 6 nitrogen and oxygen atoms in total. The lowest BCUT2D eigenvalue weighted by Crippen LogP contribution is -2.18. The number of ether oxygens (including phenoxy) is 1. The normalized spacial score (nSPS) is 12.0. The molecule has 0 bridgehead atoms. The maximum Gasteiger partial charge on any atom is 0.345 e. The fourth-order valence-corrected chi connectivity index (χ4v) is 2.35. The van der Waals surface area contributed by atoms with Crippen molar-refractivity contribution in [2.24, 2.45) is 5.73 Å². The fraction of sp³-hybridized carbons (Fsp3) is 0.0588. The van der Waals surface area contributed by atoms with Crippen molar-refractivity contribution in [3.05, 3.63) is 65.9 Å². The Morgan fingerprint density at radius 2 is 1.83 bits per heavy atom. The molecule has 0 radical (unpaired) electrons. The first-order valence-corrected chi connectivity index (χ1v) is 6.92. The number of carbonyl (C=O) groups is 2. The van der Waals surface area contributed by atoms with E-state index in [4.69, 9.17) is 10.5 Å². The molecule has 6 heteroatoms. The molecule has 3 rings (SSSR count). The molecule has 116 valence electrons. The summed E-state index contributed by atoms with van der Waals surface area (Å²) < 4.78 is 5.25. The summed E-state index contributed by atoms with van der Waals surface area (Å²) >= 11 is 0. The van der Waals surface area contributed by atoms with E-state index in [2.05, 4.69) is 4.98 Å². The number of hydrogen-bond donors (Lipinski definition) is 3. The number of hydrogen-bond acceptors (Lipinski definition) is 4. The second-order valence-electron chi connectivity index (χ2n) is 4.98. The van der Waals surface area contributed by atoms with Gasteiger partial charge < -0.3 is 20.6 Å². The number of primary amides is 1. The molecular weight excluding hydrogens is 296 g/mol. The highest BCUT2D eigenvalue weighted by Gasteiger charge is 2.21. The van der Waals surface area contributed by atoms with Gasteiger partial charge in [-0.2, -0.15) is 0 Å².